The molecule has 0 aromatic heterocycles. The van der Waals surface area contributed by atoms with Gasteiger partial charge in [0.25, 0.3) is 0 Å². The molecule has 0 aliphatic carbocycles. The van der Waals surface area contributed by atoms with Crippen molar-refractivity contribution in [2.24, 2.45) is 0 Å². The molecule has 1 aliphatic rings. The molecule has 2 rings (SSSR count). The second-order valence-electron chi connectivity index (χ2n) is 4.11. The molecule has 0 N–H and O–H groups in total. The Morgan fingerprint density at radius 3 is 2.85 bits per heavy atom. The summed E-state index contributed by atoms with van der Waals surface area (Å²) in [7, 11) is 0. The SMILES string of the molecule is CC1Cc2c(cccc2C(C)C)S1. The van der Waals surface area contributed by atoms with Crippen LogP contribution in [0.15, 0.2) is 23.1 Å². The highest BCUT2D eigenvalue weighted by Gasteiger charge is 2.21. The lowest BCUT2D eigenvalue weighted by Crippen LogP contribution is -1.97. The third kappa shape index (κ3) is 1.62. The Bertz CT molecular complexity index is 315. The highest BCUT2D eigenvalue weighted by Crippen LogP contribution is 2.40. The molecule has 0 fully saturated rings. The fourth-order valence-corrected chi connectivity index (χ4v) is 3.18. The van der Waals surface area contributed by atoms with Crippen LogP contribution in [-0.4, -0.2) is 5.25 Å². The van der Waals surface area contributed by atoms with Crippen LogP contribution < -0.4 is 0 Å². The van der Waals surface area contributed by atoms with Gasteiger partial charge in [-0.3, -0.25) is 0 Å². The van der Waals surface area contributed by atoms with Gasteiger partial charge in [-0.1, -0.05) is 32.9 Å². The molecule has 0 amide bonds. The Morgan fingerprint density at radius 2 is 2.15 bits per heavy atom. The summed E-state index contributed by atoms with van der Waals surface area (Å²) < 4.78 is 0. The van der Waals surface area contributed by atoms with E-state index in [1.165, 1.54) is 11.3 Å². The molecule has 1 heteroatoms. The summed E-state index contributed by atoms with van der Waals surface area (Å²) in [6.07, 6.45) is 1.26. The van der Waals surface area contributed by atoms with Crippen LogP contribution in [0.1, 0.15) is 37.8 Å². The summed E-state index contributed by atoms with van der Waals surface area (Å²) >= 11 is 2.02. The second-order valence-corrected chi connectivity index (χ2v) is 5.59. The normalized spacial score (nSPS) is 20.8. The minimum atomic E-state index is 0.667. The second kappa shape index (κ2) is 3.38. The summed E-state index contributed by atoms with van der Waals surface area (Å²) in [5, 5.41) is 0.773. The lowest BCUT2D eigenvalue weighted by Gasteiger charge is -2.10. The summed E-state index contributed by atoms with van der Waals surface area (Å²) in [6.45, 7) is 6.88. The third-order valence-electron chi connectivity index (χ3n) is 2.61. The van der Waals surface area contributed by atoms with Crippen LogP contribution >= 0.6 is 11.8 Å². The molecule has 0 saturated heterocycles. The number of hydrogen-bond donors (Lipinski definition) is 0. The van der Waals surface area contributed by atoms with Crippen molar-refractivity contribution in [2.45, 2.75) is 43.3 Å². The molecule has 13 heavy (non-hydrogen) atoms. The predicted octanol–water partition coefficient (Wildman–Crippen LogP) is 3.85. The molecule has 0 radical (unpaired) electrons. The number of hydrogen-bond acceptors (Lipinski definition) is 1. The van der Waals surface area contributed by atoms with Gasteiger partial charge >= 0.3 is 0 Å². The van der Waals surface area contributed by atoms with Crippen molar-refractivity contribution in [1.82, 2.24) is 0 Å². The zero-order valence-electron chi connectivity index (χ0n) is 8.50. The van der Waals surface area contributed by atoms with E-state index in [1.54, 1.807) is 11.1 Å². The van der Waals surface area contributed by atoms with E-state index in [0.717, 1.165) is 5.25 Å². The molecule has 1 aliphatic heterocycles. The van der Waals surface area contributed by atoms with Crippen LogP contribution in [-0.2, 0) is 6.42 Å². The van der Waals surface area contributed by atoms with Crippen molar-refractivity contribution < 1.29 is 0 Å². The summed E-state index contributed by atoms with van der Waals surface area (Å²) in [5.41, 5.74) is 3.16. The molecule has 0 nitrogen and oxygen atoms in total. The fraction of sp³-hybridized carbons (Fsp3) is 0.500. The topological polar surface area (TPSA) is 0 Å². The van der Waals surface area contributed by atoms with Gasteiger partial charge < -0.3 is 0 Å². The van der Waals surface area contributed by atoms with Crippen molar-refractivity contribution in [1.29, 1.82) is 0 Å². The average molecular weight is 192 g/mol. The lowest BCUT2D eigenvalue weighted by molar-refractivity contribution is 0.826. The van der Waals surface area contributed by atoms with Gasteiger partial charge in [-0.05, 0) is 29.5 Å². The van der Waals surface area contributed by atoms with E-state index in [1.807, 2.05) is 11.8 Å². The van der Waals surface area contributed by atoms with Crippen LogP contribution in [0.3, 0.4) is 0 Å². The minimum absolute atomic E-state index is 0.667. The van der Waals surface area contributed by atoms with Crippen LogP contribution in [0.5, 0.6) is 0 Å². The van der Waals surface area contributed by atoms with E-state index >= 15 is 0 Å². The van der Waals surface area contributed by atoms with E-state index < -0.39 is 0 Å². The fourth-order valence-electron chi connectivity index (χ4n) is 2.00. The zero-order valence-corrected chi connectivity index (χ0v) is 9.32. The molecule has 1 atom stereocenters. The molecular formula is C12H16S. The third-order valence-corrected chi connectivity index (χ3v) is 3.82. The van der Waals surface area contributed by atoms with Gasteiger partial charge in [-0.2, -0.15) is 0 Å². The van der Waals surface area contributed by atoms with Gasteiger partial charge in [0, 0.05) is 10.1 Å². The molecule has 0 spiro atoms. The molecule has 1 unspecified atom stereocenters. The van der Waals surface area contributed by atoms with Crippen molar-refractivity contribution in [2.75, 3.05) is 0 Å². The molecule has 1 heterocycles. The van der Waals surface area contributed by atoms with Gasteiger partial charge in [0.15, 0.2) is 0 Å². The van der Waals surface area contributed by atoms with Crippen molar-refractivity contribution in [3.63, 3.8) is 0 Å². The Kier molecular flexibility index (Phi) is 2.37. The van der Waals surface area contributed by atoms with Gasteiger partial charge in [0.05, 0.1) is 0 Å². The zero-order chi connectivity index (χ0) is 9.42. The Balaban J connectivity index is 2.45. The molecule has 70 valence electrons. The van der Waals surface area contributed by atoms with E-state index in [4.69, 9.17) is 0 Å². The number of fused-ring (bicyclic) bond motifs is 1. The largest absolute Gasteiger partial charge is 0.122 e. The molecule has 0 bridgehead atoms. The average Bonchev–Trinajstić information content (AvgIpc) is 2.43. The summed E-state index contributed by atoms with van der Waals surface area (Å²) in [4.78, 5) is 1.51. The number of thioether (sulfide) groups is 1. The van der Waals surface area contributed by atoms with Gasteiger partial charge in [0.1, 0.15) is 0 Å². The van der Waals surface area contributed by atoms with Crippen LogP contribution in [0.4, 0.5) is 0 Å². The quantitative estimate of drug-likeness (QED) is 0.651. The van der Waals surface area contributed by atoms with Crippen molar-refractivity contribution >= 4 is 11.8 Å². The number of rotatable bonds is 1. The molecule has 1 aromatic carbocycles. The summed E-state index contributed by atoms with van der Waals surface area (Å²) in [6, 6.07) is 6.73. The first-order valence-electron chi connectivity index (χ1n) is 4.97. The van der Waals surface area contributed by atoms with Crippen molar-refractivity contribution in [3.05, 3.63) is 29.3 Å². The monoisotopic (exact) mass is 192 g/mol. The van der Waals surface area contributed by atoms with Crippen molar-refractivity contribution in [3.8, 4) is 0 Å². The van der Waals surface area contributed by atoms with Gasteiger partial charge in [-0.15, -0.1) is 11.8 Å². The highest BCUT2D eigenvalue weighted by atomic mass is 32.2. The standard InChI is InChI=1S/C12H16S/c1-8(2)10-5-4-6-12-11(10)7-9(3)13-12/h4-6,8-9H,7H2,1-3H3. The predicted molar refractivity (Wildman–Crippen MR) is 59.6 cm³/mol. The molecular weight excluding hydrogens is 176 g/mol. The van der Waals surface area contributed by atoms with Gasteiger partial charge in [0.2, 0.25) is 0 Å². The first kappa shape index (κ1) is 9.14. The smallest absolute Gasteiger partial charge is 0.0110 e. The molecule has 0 saturated carbocycles. The Morgan fingerprint density at radius 1 is 1.38 bits per heavy atom. The Hall–Kier alpha value is -0.430. The summed E-state index contributed by atoms with van der Waals surface area (Å²) in [5.74, 6) is 0.667. The highest BCUT2D eigenvalue weighted by molar-refractivity contribution is 8.00. The van der Waals surface area contributed by atoms with Gasteiger partial charge in [-0.25, -0.2) is 0 Å². The van der Waals surface area contributed by atoms with E-state index in [2.05, 4.69) is 39.0 Å². The molecule has 1 aromatic rings. The van der Waals surface area contributed by atoms with Crippen LogP contribution in [0.2, 0.25) is 0 Å². The van der Waals surface area contributed by atoms with Crippen LogP contribution in [0.25, 0.3) is 0 Å². The minimum Gasteiger partial charge on any atom is -0.122 e. The first-order valence-corrected chi connectivity index (χ1v) is 5.85. The van der Waals surface area contributed by atoms with Crippen LogP contribution in [0, 0.1) is 0 Å². The first-order chi connectivity index (χ1) is 6.18. The number of benzene rings is 1. The maximum atomic E-state index is 2.31. The van der Waals surface area contributed by atoms with E-state index in [-0.39, 0.29) is 0 Å². The van der Waals surface area contributed by atoms with E-state index in [0.29, 0.717) is 5.92 Å². The maximum Gasteiger partial charge on any atom is 0.0110 e. The van der Waals surface area contributed by atoms with E-state index in [9.17, 15) is 0 Å². The maximum absolute atomic E-state index is 2.31. The lowest BCUT2D eigenvalue weighted by atomic mass is 9.95. The Labute approximate surface area is 84.7 Å².